The average Bonchev–Trinajstić information content (AvgIpc) is 2.87. The summed E-state index contributed by atoms with van der Waals surface area (Å²) < 4.78 is 17.2. The number of benzene rings is 3. The highest BCUT2D eigenvalue weighted by Crippen LogP contribution is 2.62. The average molecular weight is 523 g/mol. The summed E-state index contributed by atoms with van der Waals surface area (Å²) in [6.45, 7) is 2.00. The third kappa shape index (κ3) is 4.85. The lowest BCUT2D eigenvalue weighted by Gasteiger charge is -2.57. The zero-order valence-corrected chi connectivity index (χ0v) is 22.3. The van der Waals surface area contributed by atoms with Crippen LogP contribution in [-0.4, -0.2) is 31.3 Å². The minimum absolute atomic E-state index is 0. The number of hydrogen-bond donors (Lipinski definition) is 1. The van der Waals surface area contributed by atoms with Crippen LogP contribution in [0.25, 0.3) is 21.9 Å². The van der Waals surface area contributed by atoms with E-state index < -0.39 is 5.97 Å². The highest BCUT2D eigenvalue weighted by atomic mass is 35.5. The first-order chi connectivity index (χ1) is 17.4. The molecule has 0 spiro atoms. The van der Waals surface area contributed by atoms with E-state index in [2.05, 4.69) is 24.3 Å². The van der Waals surface area contributed by atoms with E-state index in [0.29, 0.717) is 5.56 Å². The lowest BCUT2D eigenvalue weighted by atomic mass is 9.48. The largest absolute Gasteiger partial charge is 0.478 e. The van der Waals surface area contributed by atoms with E-state index in [0.717, 1.165) is 45.4 Å². The molecule has 7 rings (SSSR count). The Morgan fingerprint density at radius 2 is 1.65 bits per heavy atom. The zero-order valence-electron chi connectivity index (χ0n) is 21.4. The maximum Gasteiger partial charge on any atom is 0.336 e. The van der Waals surface area contributed by atoms with Gasteiger partial charge in [-0.05, 0) is 115 Å². The molecule has 0 aliphatic heterocycles. The summed E-state index contributed by atoms with van der Waals surface area (Å²) in [6.07, 6.45) is 7.52. The Balaban J connectivity index is 0.00000280. The van der Waals surface area contributed by atoms with E-state index in [1.165, 1.54) is 44.1 Å². The number of halogens is 1. The number of rotatable bonds is 8. The van der Waals surface area contributed by atoms with E-state index in [-0.39, 0.29) is 30.9 Å². The molecular formula is C31H35ClO5. The Bertz CT molecular complexity index is 1270. The summed E-state index contributed by atoms with van der Waals surface area (Å²) in [4.78, 5) is 11.8. The Labute approximate surface area is 224 Å². The molecule has 4 fully saturated rings. The van der Waals surface area contributed by atoms with Crippen molar-refractivity contribution < 1.29 is 24.1 Å². The van der Waals surface area contributed by atoms with Gasteiger partial charge in [-0.3, -0.25) is 0 Å². The molecule has 3 aromatic rings. The van der Waals surface area contributed by atoms with Gasteiger partial charge in [0.05, 0.1) is 5.56 Å². The van der Waals surface area contributed by atoms with E-state index in [1.807, 2.05) is 25.1 Å². The maximum atomic E-state index is 11.8. The molecule has 4 bridgehead atoms. The summed E-state index contributed by atoms with van der Waals surface area (Å²) in [5.74, 6) is 2.45. The van der Waals surface area contributed by atoms with Gasteiger partial charge in [-0.25, -0.2) is 4.79 Å². The van der Waals surface area contributed by atoms with Crippen molar-refractivity contribution in [3.63, 3.8) is 0 Å². The monoisotopic (exact) mass is 522 g/mol. The minimum atomic E-state index is -0.908. The fraction of sp³-hybridized carbons (Fsp3) is 0.452. The standard InChI is InChI=1S/C31H34O5.ClH/c1-19(34-2)35-18-36-29-14-23-7-8-24(26-5-3-4-6-27(26)30(32)33)12-25(23)13-28(29)31-15-20-9-21(16-31)11-22(10-20)17-31;/h3-8,12-14,19-22H,9-11,15-18H2,1-2H3,(H,32,33);1H. The summed E-state index contributed by atoms with van der Waals surface area (Å²) in [7, 11) is 1.63. The predicted octanol–water partition coefficient (Wildman–Crippen LogP) is 7.44. The molecule has 1 atom stereocenters. The normalized spacial score (nSPS) is 26.6. The van der Waals surface area contributed by atoms with Gasteiger partial charge in [-0.15, -0.1) is 12.4 Å². The molecule has 0 aromatic heterocycles. The molecule has 0 radical (unpaired) electrons. The van der Waals surface area contributed by atoms with Crippen molar-refractivity contribution >= 4 is 29.1 Å². The van der Waals surface area contributed by atoms with Crippen molar-refractivity contribution in [3.8, 4) is 16.9 Å². The van der Waals surface area contributed by atoms with E-state index in [1.54, 1.807) is 19.2 Å². The number of aromatic carboxylic acids is 1. The van der Waals surface area contributed by atoms with Crippen LogP contribution in [0.2, 0.25) is 0 Å². The van der Waals surface area contributed by atoms with E-state index in [9.17, 15) is 9.90 Å². The van der Waals surface area contributed by atoms with Gasteiger partial charge in [-0.1, -0.05) is 30.3 Å². The number of methoxy groups -OCH3 is 1. The van der Waals surface area contributed by atoms with Crippen molar-refractivity contribution in [1.82, 2.24) is 0 Å². The number of carboxylic acid groups (broad SMARTS) is 1. The number of carbonyl (C=O) groups is 1. The molecule has 5 nitrogen and oxygen atoms in total. The van der Waals surface area contributed by atoms with E-state index >= 15 is 0 Å². The van der Waals surface area contributed by atoms with Gasteiger partial charge in [-0.2, -0.15) is 0 Å². The first kappa shape index (κ1) is 26.0. The molecule has 4 aliphatic carbocycles. The summed E-state index contributed by atoms with van der Waals surface area (Å²) in [6, 6.07) is 17.9. The van der Waals surface area contributed by atoms with Crippen LogP contribution < -0.4 is 4.74 Å². The second kappa shape index (κ2) is 10.3. The lowest BCUT2D eigenvalue weighted by Crippen LogP contribution is -2.48. The fourth-order valence-corrected chi connectivity index (χ4v) is 7.60. The molecule has 1 unspecified atom stereocenters. The van der Waals surface area contributed by atoms with Gasteiger partial charge in [0.1, 0.15) is 5.75 Å². The van der Waals surface area contributed by atoms with Gasteiger partial charge in [0.15, 0.2) is 13.1 Å². The predicted molar refractivity (Wildman–Crippen MR) is 146 cm³/mol. The smallest absolute Gasteiger partial charge is 0.336 e. The quantitative estimate of drug-likeness (QED) is 0.311. The highest BCUT2D eigenvalue weighted by Gasteiger charge is 2.52. The maximum absolute atomic E-state index is 11.8. The first-order valence-electron chi connectivity index (χ1n) is 13.1. The van der Waals surface area contributed by atoms with Crippen LogP contribution in [0.15, 0.2) is 54.6 Å². The van der Waals surface area contributed by atoms with Gasteiger partial charge < -0.3 is 19.3 Å². The van der Waals surface area contributed by atoms with Crippen molar-refractivity contribution in [2.24, 2.45) is 17.8 Å². The third-order valence-corrected chi connectivity index (χ3v) is 8.87. The number of ether oxygens (including phenoxy) is 3. The van der Waals surface area contributed by atoms with Crippen LogP contribution in [0.4, 0.5) is 0 Å². The number of hydrogen-bond acceptors (Lipinski definition) is 4. The first-order valence-corrected chi connectivity index (χ1v) is 13.1. The van der Waals surface area contributed by atoms with Crippen molar-refractivity contribution in [2.75, 3.05) is 13.9 Å². The van der Waals surface area contributed by atoms with Gasteiger partial charge in [0.25, 0.3) is 0 Å². The Kier molecular flexibility index (Phi) is 7.23. The zero-order chi connectivity index (χ0) is 24.9. The van der Waals surface area contributed by atoms with Crippen LogP contribution in [-0.2, 0) is 14.9 Å². The molecule has 6 heteroatoms. The Morgan fingerprint density at radius 3 is 2.30 bits per heavy atom. The second-order valence-electron chi connectivity index (χ2n) is 11.2. The minimum Gasteiger partial charge on any atom is -0.478 e. The second-order valence-corrected chi connectivity index (χ2v) is 11.2. The molecule has 3 aromatic carbocycles. The lowest BCUT2D eigenvalue weighted by molar-refractivity contribution is -0.150. The van der Waals surface area contributed by atoms with Crippen molar-refractivity contribution in [2.45, 2.75) is 57.2 Å². The molecule has 4 saturated carbocycles. The van der Waals surface area contributed by atoms with Crippen LogP contribution in [0.3, 0.4) is 0 Å². The van der Waals surface area contributed by atoms with E-state index in [4.69, 9.17) is 14.2 Å². The summed E-state index contributed by atoms with van der Waals surface area (Å²) >= 11 is 0. The number of fused-ring (bicyclic) bond motifs is 1. The topological polar surface area (TPSA) is 65.0 Å². The Hall–Kier alpha value is -2.60. The van der Waals surface area contributed by atoms with Crippen molar-refractivity contribution in [1.29, 1.82) is 0 Å². The SMILES string of the molecule is COC(C)OCOc1cc2ccc(-c3ccccc3C(=O)O)cc2cc1C12CC3CC(CC(C3)C1)C2.Cl. The van der Waals surface area contributed by atoms with Crippen LogP contribution in [0.5, 0.6) is 5.75 Å². The summed E-state index contributed by atoms with van der Waals surface area (Å²) in [5.41, 5.74) is 3.43. The molecular weight excluding hydrogens is 488 g/mol. The number of carboxylic acids is 1. The fourth-order valence-electron chi connectivity index (χ4n) is 7.60. The highest BCUT2D eigenvalue weighted by molar-refractivity contribution is 5.98. The van der Waals surface area contributed by atoms with Crippen molar-refractivity contribution in [3.05, 3.63) is 65.7 Å². The Morgan fingerprint density at radius 1 is 0.973 bits per heavy atom. The van der Waals surface area contributed by atoms with Gasteiger partial charge in [0.2, 0.25) is 0 Å². The molecule has 1 N–H and O–H groups in total. The summed E-state index contributed by atoms with van der Waals surface area (Å²) in [5, 5.41) is 11.9. The van der Waals surface area contributed by atoms with Crippen LogP contribution >= 0.6 is 12.4 Å². The van der Waals surface area contributed by atoms with Gasteiger partial charge in [0, 0.05) is 12.7 Å². The van der Waals surface area contributed by atoms with Crippen LogP contribution in [0.1, 0.15) is 61.4 Å². The molecule has 37 heavy (non-hydrogen) atoms. The van der Waals surface area contributed by atoms with Crippen LogP contribution in [0, 0.1) is 17.8 Å². The molecule has 0 amide bonds. The molecule has 0 saturated heterocycles. The molecule has 0 heterocycles. The molecule has 4 aliphatic rings. The molecule has 196 valence electrons. The van der Waals surface area contributed by atoms with Gasteiger partial charge >= 0.3 is 5.97 Å². The third-order valence-electron chi connectivity index (χ3n) is 8.87.